The van der Waals surface area contributed by atoms with Crippen LogP contribution in [0.5, 0.6) is 0 Å². The third-order valence-electron chi connectivity index (χ3n) is 5.24. The van der Waals surface area contributed by atoms with Gasteiger partial charge in [-0.2, -0.15) is 0 Å². The summed E-state index contributed by atoms with van der Waals surface area (Å²) in [4.78, 5) is 0. The molecule has 4 N–H and O–H groups in total. The third-order valence-corrected chi connectivity index (χ3v) is 5.24. The fraction of sp³-hybridized carbons (Fsp3) is 0. The molecule has 0 atom stereocenters. The molecule has 124 valence electrons. The largest absolute Gasteiger partial charge is 0.488 e. The molecular weight excluding hydrogens is 326 g/mol. The van der Waals surface area contributed by atoms with Gasteiger partial charge in [-0.1, -0.05) is 60.7 Å². The Morgan fingerprint density at radius 2 is 1.12 bits per heavy atom. The molecule has 0 amide bonds. The van der Waals surface area contributed by atoms with Crippen LogP contribution in [0.2, 0.25) is 0 Å². The Morgan fingerprint density at radius 1 is 0.538 bits per heavy atom. The number of hydrogen-bond donors (Lipinski definition) is 4. The molecule has 6 heteroatoms. The summed E-state index contributed by atoms with van der Waals surface area (Å²) in [7, 11) is -3.62. The van der Waals surface area contributed by atoms with E-state index in [9.17, 15) is 20.1 Å². The van der Waals surface area contributed by atoms with Crippen molar-refractivity contribution in [3.05, 3.63) is 60.7 Å². The molecule has 0 aliphatic carbocycles. The van der Waals surface area contributed by atoms with Gasteiger partial charge in [0, 0.05) is 0 Å². The summed E-state index contributed by atoms with van der Waals surface area (Å²) in [5, 5.41) is 47.3. The standard InChI is InChI=1S/C20H14B2O4/c23-21(24)16-10-12-6-3-8-14-13-7-1-4-11-5-2-9-15(17(11)13)19(18(12)14)20(16)22(25)26/h1-10,23-26H. The molecule has 5 aromatic rings. The zero-order valence-electron chi connectivity index (χ0n) is 13.7. The smallest absolute Gasteiger partial charge is 0.423 e. The number of fused-ring (bicyclic) bond motifs is 2. The van der Waals surface area contributed by atoms with Crippen molar-refractivity contribution < 1.29 is 20.1 Å². The quantitative estimate of drug-likeness (QED) is 0.220. The van der Waals surface area contributed by atoms with Crippen molar-refractivity contribution in [3.8, 4) is 0 Å². The van der Waals surface area contributed by atoms with Crippen LogP contribution in [0.25, 0.3) is 43.1 Å². The average molecular weight is 340 g/mol. The van der Waals surface area contributed by atoms with Crippen molar-refractivity contribution in [1.29, 1.82) is 0 Å². The summed E-state index contributed by atoms with van der Waals surface area (Å²) in [5.41, 5.74) is 0.248. The molecule has 5 aromatic carbocycles. The average Bonchev–Trinajstić information content (AvgIpc) is 2.64. The zero-order valence-corrected chi connectivity index (χ0v) is 13.7. The lowest BCUT2D eigenvalue weighted by molar-refractivity contribution is 0.419. The molecule has 0 aromatic heterocycles. The highest BCUT2D eigenvalue weighted by molar-refractivity contribution is 6.75. The molecule has 0 saturated carbocycles. The van der Waals surface area contributed by atoms with E-state index in [-0.39, 0.29) is 10.9 Å². The van der Waals surface area contributed by atoms with E-state index < -0.39 is 14.2 Å². The lowest BCUT2D eigenvalue weighted by Gasteiger charge is -2.19. The first-order chi connectivity index (χ1) is 12.6. The highest BCUT2D eigenvalue weighted by atomic mass is 16.4. The summed E-state index contributed by atoms with van der Waals surface area (Å²) in [6.45, 7) is 0. The molecule has 0 saturated heterocycles. The normalized spacial score (nSPS) is 11.8. The van der Waals surface area contributed by atoms with Crippen LogP contribution in [0.15, 0.2) is 60.7 Å². The van der Waals surface area contributed by atoms with Crippen LogP contribution >= 0.6 is 0 Å². The van der Waals surface area contributed by atoms with Crippen molar-refractivity contribution >= 4 is 68.3 Å². The molecule has 0 bridgehead atoms. The highest BCUT2D eigenvalue weighted by Gasteiger charge is 2.28. The van der Waals surface area contributed by atoms with Crippen molar-refractivity contribution in [2.75, 3.05) is 0 Å². The molecule has 0 unspecified atom stereocenters. The van der Waals surface area contributed by atoms with E-state index in [4.69, 9.17) is 0 Å². The van der Waals surface area contributed by atoms with Crippen LogP contribution < -0.4 is 10.9 Å². The van der Waals surface area contributed by atoms with Gasteiger partial charge in [-0.15, -0.1) is 0 Å². The van der Waals surface area contributed by atoms with Crippen LogP contribution in [0.1, 0.15) is 0 Å². The van der Waals surface area contributed by atoms with Gasteiger partial charge in [0.1, 0.15) is 0 Å². The van der Waals surface area contributed by atoms with Crippen LogP contribution in [0, 0.1) is 0 Å². The first-order valence-corrected chi connectivity index (χ1v) is 8.42. The van der Waals surface area contributed by atoms with Gasteiger partial charge >= 0.3 is 14.2 Å². The van der Waals surface area contributed by atoms with Gasteiger partial charge in [0.25, 0.3) is 0 Å². The summed E-state index contributed by atoms with van der Waals surface area (Å²) >= 11 is 0. The fourth-order valence-corrected chi connectivity index (χ4v) is 4.26. The fourth-order valence-electron chi connectivity index (χ4n) is 4.26. The topological polar surface area (TPSA) is 80.9 Å². The maximum atomic E-state index is 10.1. The van der Waals surface area contributed by atoms with Crippen LogP contribution in [0.3, 0.4) is 0 Å². The van der Waals surface area contributed by atoms with E-state index in [1.165, 1.54) is 0 Å². The van der Waals surface area contributed by atoms with Gasteiger partial charge in [-0.05, 0) is 54.0 Å². The molecule has 0 aliphatic heterocycles. The van der Waals surface area contributed by atoms with Gasteiger partial charge in [-0.25, -0.2) is 0 Å². The molecule has 0 heterocycles. The van der Waals surface area contributed by atoms with Crippen LogP contribution in [-0.2, 0) is 0 Å². The Bertz CT molecular complexity index is 1290. The highest BCUT2D eigenvalue weighted by Crippen LogP contribution is 2.39. The lowest BCUT2D eigenvalue weighted by atomic mass is 9.62. The second kappa shape index (κ2) is 5.43. The molecule has 0 radical (unpaired) electrons. The molecule has 0 fully saturated rings. The third kappa shape index (κ3) is 1.95. The minimum Gasteiger partial charge on any atom is -0.423 e. The van der Waals surface area contributed by atoms with Crippen LogP contribution in [0.4, 0.5) is 0 Å². The SMILES string of the molecule is OB(O)c1cc2cccc3c4cccc5cccc(c(c1B(O)O)c23)c54. The Labute approximate surface area is 149 Å². The lowest BCUT2D eigenvalue weighted by Crippen LogP contribution is -2.49. The van der Waals surface area contributed by atoms with Crippen molar-refractivity contribution in [3.63, 3.8) is 0 Å². The van der Waals surface area contributed by atoms with Gasteiger partial charge in [0.2, 0.25) is 0 Å². The number of benzene rings is 5. The number of hydrogen-bond acceptors (Lipinski definition) is 4. The minimum absolute atomic E-state index is 0.107. The maximum absolute atomic E-state index is 10.1. The Balaban J connectivity index is 2.22. The van der Waals surface area contributed by atoms with E-state index >= 15 is 0 Å². The van der Waals surface area contributed by atoms with Crippen molar-refractivity contribution in [2.24, 2.45) is 0 Å². The molecule has 4 nitrogen and oxygen atoms in total. The maximum Gasteiger partial charge on any atom is 0.488 e. The summed E-state index contributed by atoms with van der Waals surface area (Å²) in [6, 6.07) is 19.4. The Morgan fingerprint density at radius 3 is 1.73 bits per heavy atom. The first-order valence-electron chi connectivity index (χ1n) is 8.42. The first kappa shape index (κ1) is 15.6. The van der Waals surface area contributed by atoms with Gasteiger partial charge < -0.3 is 20.1 Å². The molecule has 5 rings (SSSR count). The Kier molecular flexibility index (Phi) is 3.26. The second-order valence-corrected chi connectivity index (χ2v) is 6.61. The minimum atomic E-state index is -1.82. The van der Waals surface area contributed by atoms with Crippen LogP contribution in [-0.4, -0.2) is 34.3 Å². The van der Waals surface area contributed by atoms with Gasteiger partial charge in [0.05, 0.1) is 0 Å². The summed E-state index contributed by atoms with van der Waals surface area (Å²) in [5.74, 6) is 0. The second-order valence-electron chi connectivity index (χ2n) is 6.61. The van der Waals surface area contributed by atoms with E-state index in [0.29, 0.717) is 5.39 Å². The van der Waals surface area contributed by atoms with Crippen molar-refractivity contribution in [1.82, 2.24) is 0 Å². The molecular formula is C20H14B2O4. The zero-order chi connectivity index (χ0) is 18.0. The molecule has 26 heavy (non-hydrogen) atoms. The van der Waals surface area contributed by atoms with E-state index in [2.05, 4.69) is 6.07 Å². The van der Waals surface area contributed by atoms with Gasteiger partial charge in [-0.3, -0.25) is 0 Å². The van der Waals surface area contributed by atoms with E-state index in [1.54, 1.807) is 6.07 Å². The van der Waals surface area contributed by atoms with E-state index in [0.717, 1.165) is 37.7 Å². The number of rotatable bonds is 2. The van der Waals surface area contributed by atoms with E-state index in [1.807, 2.05) is 48.5 Å². The predicted molar refractivity (Wildman–Crippen MR) is 107 cm³/mol. The summed E-state index contributed by atoms with van der Waals surface area (Å²) in [6.07, 6.45) is 0. The Hall–Kier alpha value is -2.63. The van der Waals surface area contributed by atoms with Crippen molar-refractivity contribution in [2.45, 2.75) is 0 Å². The predicted octanol–water partition coefficient (Wildman–Crippen LogP) is 1.10. The molecule has 0 aliphatic rings. The molecule has 0 spiro atoms. The van der Waals surface area contributed by atoms with Gasteiger partial charge in [0.15, 0.2) is 0 Å². The monoisotopic (exact) mass is 340 g/mol. The summed E-state index contributed by atoms with van der Waals surface area (Å²) < 4.78 is 0.